The molecule has 2 aliphatic rings. The third kappa shape index (κ3) is 5.67. The molecule has 0 amide bonds. The first kappa shape index (κ1) is 23.6. The van der Waals surface area contributed by atoms with E-state index in [-0.39, 0.29) is 30.8 Å². The van der Waals surface area contributed by atoms with Crippen molar-refractivity contribution in [2.75, 3.05) is 13.2 Å². The summed E-state index contributed by atoms with van der Waals surface area (Å²) in [5, 5.41) is 18.8. The number of carbonyl (C=O) groups is 3. The Hall–Kier alpha value is -2.71. The van der Waals surface area contributed by atoms with Crippen LogP contribution in [-0.4, -0.2) is 59.6 Å². The number of aliphatic hydroxyl groups is 2. The maximum absolute atomic E-state index is 12.5. The Morgan fingerprint density at radius 3 is 2.60 bits per heavy atom. The predicted molar refractivity (Wildman–Crippen MR) is 107 cm³/mol. The summed E-state index contributed by atoms with van der Waals surface area (Å²) in [6.45, 7) is 7.77. The Kier molecular flexibility index (Phi) is 8.14. The second-order valence-electron chi connectivity index (χ2n) is 7.40. The maximum atomic E-state index is 12.5. The number of rotatable bonds is 5. The third-order valence-electron chi connectivity index (χ3n) is 5.17. The van der Waals surface area contributed by atoms with Crippen LogP contribution in [0, 0.1) is 5.92 Å². The number of ether oxygens (including phenoxy) is 3. The van der Waals surface area contributed by atoms with Crippen molar-refractivity contribution in [3.63, 3.8) is 0 Å². The van der Waals surface area contributed by atoms with Crippen LogP contribution in [0.4, 0.5) is 0 Å². The van der Waals surface area contributed by atoms with Crippen molar-refractivity contribution in [1.29, 1.82) is 0 Å². The summed E-state index contributed by atoms with van der Waals surface area (Å²) in [5.74, 6) is -2.38. The zero-order chi connectivity index (χ0) is 22.4. The van der Waals surface area contributed by atoms with E-state index >= 15 is 0 Å². The van der Waals surface area contributed by atoms with Crippen LogP contribution in [0.1, 0.15) is 33.6 Å². The first-order valence-electron chi connectivity index (χ1n) is 9.70. The molecule has 1 fully saturated rings. The van der Waals surface area contributed by atoms with Crippen molar-refractivity contribution in [2.45, 2.75) is 51.9 Å². The molecule has 0 spiro atoms. The molecule has 8 nitrogen and oxygen atoms in total. The van der Waals surface area contributed by atoms with E-state index in [1.165, 1.54) is 19.9 Å². The van der Waals surface area contributed by atoms with Crippen LogP contribution in [0.15, 0.2) is 47.1 Å². The van der Waals surface area contributed by atoms with E-state index in [1.807, 2.05) is 0 Å². The Bertz CT molecular complexity index is 804. The molecule has 1 saturated heterocycles. The lowest BCUT2D eigenvalue weighted by molar-refractivity contribution is -0.148. The van der Waals surface area contributed by atoms with Gasteiger partial charge in [0, 0.05) is 30.9 Å². The molecule has 1 heterocycles. The maximum Gasteiger partial charge on any atom is 0.334 e. The predicted octanol–water partition coefficient (Wildman–Crippen LogP) is 1.53. The fourth-order valence-electron chi connectivity index (χ4n) is 3.51. The van der Waals surface area contributed by atoms with Gasteiger partial charge in [-0.15, -0.1) is 0 Å². The fraction of sp³-hybridized carbons (Fsp3) is 0.500. The number of hydrogen-bond donors (Lipinski definition) is 2. The molecular formula is C22H28O8. The van der Waals surface area contributed by atoms with E-state index in [1.54, 1.807) is 19.1 Å². The molecule has 1 aliphatic heterocycles. The van der Waals surface area contributed by atoms with E-state index in [0.717, 1.165) is 0 Å². The SMILES string of the molecule is C=C1C(=O)O[C@@H]2/C=C(\C)[C@@H](OC(C)=O)C/C=C(/CO)C[C@@H](OC(=O)/C(C)=C/CO)[C@@H]12. The van der Waals surface area contributed by atoms with Crippen molar-refractivity contribution in [1.82, 2.24) is 0 Å². The highest BCUT2D eigenvalue weighted by molar-refractivity contribution is 5.92. The van der Waals surface area contributed by atoms with Crippen LogP contribution in [0.5, 0.6) is 0 Å². The summed E-state index contributed by atoms with van der Waals surface area (Å²) in [6, 6.07) is 0. The van der Waals surface area contributed by atoms with Crippen LogP contribution >= 0.6 is 0 Å². The zero-order valence-electron chi connectivity index (χ0n) is 17.4. The molecular weight excluding hydrogens is 392 g/mol. The molecule has 0 radical (unpaired) electrons. The number of esters is 3. The lowest BCUT2D eigenvalue weighted by atomic mass is 9.85. The van der Waals surface area contributed by atoms with Crippen LogP contribution in [0.2, 0.25) is 0 Å². The summed E-state index contributed by atoms with van der Waals surface area (Å²) in [4.78, 5) is 36.2. The molecule has 0 aromatic rings. The Labute approximate surface area is 175 Å². The summed E-state index contributed by atoms with van der Waals surface area (Å²) < 4.78 is 16.5. The summed E-state index contributed by atoms with van der Waals surface area (Å²) in [5.41, 5.74) is 1.61. The van der Waals surface area contributed by atoms with Crippen molar-refractivity contribution in [2.24, 2.45) is 5.92 Å². The molecule has 8 heteroatoms. The summed E-state index contributed by atoms with van der Waals surface area (Å²) in [6.07, 6.45) is 3.04. The first-order chi connectivity index (χ1) is 14.2. The largest absolute Gasteiger partial charge is 0.458 e. The van der Waals surface area contributed by atoms with E-state index in [0.29, 0.717) is 17.6 Å². The van der Waals surface area contributed by atoms with Gasteiger partial charge in [0.05, 0.1) is 19.1 Å². The van der Waals surface area contributed by atoms with Gasteiger partial charge in [-0.3, -0.25) is 4.79 Å². The van der Waals surface area contributed by atoms with Gasteiger partial charge < -0.3 is 24.4 Å². The van der Waals surface area contributed by atoms with Gasteiger partial charge in [0.15, 0.2) is 0 Å². The monoisotopic (exact) mass is 420 g/mol. The highest BCUT2D eigenvalue weighted by Gasteiger charge is 2.45. The molecule has 2 N–H and O–H groups in total. The highest BCUT2D eigenvalue weighted by Crippen LogP contribution is 2.36. The van der Waals surface area contributed by atoms with Crippen LogP contribution in [0.3, 0.4) is 0 Å². The second-order valence-corrected chi connectivity index (χ2v) is 7.40. The minimum absolute atomic E-state index is 0.144. The molecule has 0 saturated carbocycles. The van der Waals surface area contributed by atoms with Crippen LogP contribution in [0.25, 0.3) is 0 Å². The van der Waals surface area contributed by atoms with Crippen molar-refractivity contribution in [3.05, 3.63) is 47.1 Å². The summed E-state index contributed by atoms with van der Waals surface area (Å²) in [7, 11) is 0. The standard InChI is InChI=1S/C22H28O8/c1-12(7-8-23)21(26)29-19-10-16(11-24)5-6-17(28-15(4)25)13(2)9-18-20(19)14(3)22(27)30-18/h5,7,9,17-20,23-24H,3,6,8,10-11H2,1-2,4H3/b12-7+,13-9+,16-5+/t17-,18+,19+,20-/m0/s1. The molecule has 0 aromatic carbocycles. The molecule has 1 aliphatic carbocycles. The molecule has 30 heavy (non-hydrogen) atoms. The van der Waals surface area contributed by atoms with Crippen LogP contribution in [-0.2, 0) is 28.6 Å². The van der Waals surface area contributed by atoms with Crippen molar-refractivity contribution >= 4 is 17.9 Å². The number of aliphatic hydroxyl groups excluding tert-OH is 2. The van der Waals surface area contributed by atoms with E-state index in [9.17, 15) is 19.5 Å². The van der Waals surface area contributed by atoms with Gasteiger partial charge in [-0.25, -0.2) is 9.59 Å². The molecule has 0 aromatic heterocycles. The van der Waals surface area contributed by atoms with Gasteiger partial charge in [-0.2, -0.15) is 0 Å². The van der Waals surface area contributed by atoms with E-state index in [2.05, 4.69) is 6.58 Å². The number of carbonyl (C=O) groups excluding carboxylic acids is 3. The molecule has 0 bridgehead atoms. The van der Waals surface area contributed by atoms with Crippen molar-refractivity contribution < 1.29 is 38.8 Å². The average molecular weight is 420 g/mol. The zero-order valence-corrected chi connectivity index (χ0v) is 17.4. The minimum Gasteiger partial charge on any atom is -0.458 e. The minimum atomic E-state index is -0.823. The normalized spacial score (nSPS) is 30.9. The van der Waals surface area contributed by atoms with Gasteiger partial charge in [0.1, 0.15) is 18.3 Å². The van der Waals surface area contributed by atoms with Gasteiger partial charge in [0.25, 0.3) is 0 Å². The Morgan fingerprint density at radius 1 is 1.30 bits per heavy atom. The fourth-order valence-corrected chi connectivity index (χ4v) is 3.51. The molecule has 0 unspecified atom stereocenters. The lowest BCUT2D eigenvalue weighted by Gasteiger charge is -2.29. The third-order valence-corrected chi connectivity index (χ3v) is 5.17. The highest BCUT2D eigenvalue weighted by atomic mass is 16.6. The topological polar surface area (TPSA) is 119 Å². The number of fused-ring (bicyclic) bond motifs is 1. The summed E-state index contributed by atoms with van der Waals surface area (Å²) >= 11 is 0. The van der Waals surface area contributed by atoms with Crippen molar-refractivity contribution in [3.8, 4) is 0 Å². The number of hydrogen-bond acceptors (Lipinski definition) is 8. The first-order valence-corrected chi connectivity index (χ1v) is 9.70. The second kappa shape index (κ2) is 10.4. The quantitative estimate of drug-likeness (QED) is 0.297. The molecule has 2 rings (SSSR count). The Balaban J connectivity index is 2.46. The van der Waals surface area contributed by atoms with Gasteiger partial charge >= 0.3 is 17.9 Å². The Morgan fingerprint density at radius 2 is 2.00 bits per heavy atom. The van der Waals surface area contributed by atoms with Crippen LogP contribution < -0.4 is 0 Å². The molecule has 4 atom stereocenters. The van der Waals surface area contributed by atoms with Gasteiger partial charge in [-0.1, -0.05) is 12.7 Å². The smallest absolute Gasteiger partial charge is 0.334 e. The van der Waals surface area contributed by atoms with E-state index < -0.39 is 42.1 Å². The average Bonchev–Trinajstić information content (AvgIpc) is 2.95. The molecule has 164 valence electrons. The van der Waals surface area contributed by atoms with Gasteiger partial charge in [-0.05, 0) is 37.1 Å². The lowest BCUT2D eigenvalue weighted by Crippen LogP contribution is -2.34. The van der Waals surface area contributed by atoms with Gasteiger partial charge in [0.2, 0.25) is 0 Å². The van der Waals surface area contributed by atoms with E-state index in [4.69, 9.17) is 19.3 Å².